The fourth-order valence-corrected chi connectivity index (χ4v) is 2.77. The lowest BCUT2D eigenvalue weighted by molar-refractivity contribution is -0.383. The van der Waals surface area contributed by atoms with E-state index in [0.717, 1.165) is 24.8 Å². The van der Waals surface area contributed by atoms with Crippen molar-refractivity contribution in [3.63, 3.8) is 0 Å². The average Bonchev–Trinajstić information content (AvgIpc) is 2.56. The van der Waals surface area contributed by atoms with Gasteiger partial charge in [-0.1, -0.05) is 70.8 Å². The largest absolute Gasteiger partial charge is 0.461 e. The summed E-state index contributed by atoms with van der Waals surface area (Å²) < 4.78 is 0. The third kappa shape index (κ3) is 7.73. The Morgan fingerprint density at radius 3 is 2.09 bits per heavy atom. The minimum absolute atomic E-state index is 0.0156. The Bertz CT molecular complexity index is 523. The van der Waals surface area contributed by atoms with Crippen LogP contribution in [0.2, 0.25) is 0 Å². The first-order chi connectivity index (χ1) is 11.2. The normalized spacial score (nSPS) is 10.4. The smallest absolute Gasteiger partial charge is 0.258 e. The molecule has 0 aliphatic carbocycles. The molecule has 0 N–H and O–H groups in total. The van der Waals surface area contributed by atoms with Gasteiger partial charge in [0.15, 0.2) is 4.98 Å². The van der Waals surface area contributed by atoms with Crippen LogP contribution in [0.4, 0.5) is 11.4 Å². The maximum absolute atomic E-state index is 10.9. The molecule has 5 nitrogen and oxygen atoms in total. The number of rotatable bonds is 12. The molecule has 1 aromatic rings. The molecule has 0 heterocycles. The first kappa shape index (κ1) is 19.1. The van der Waals surface area contributed by atoms with Gasteiger partial charge in [-0.15, -0.1) is 0 Å². The van der Waals surface area contributed by atoms with Gasteiger partial charge in [0.2, 0.25) is 5.39 Å². The van der Waals surface area contributed by atoms with Crippen molar-refractivity contribution in [2.75, 3.05) is 0 Å². The number of nitrogens with zero attached hydrogens (tertiary/aromatic N) is 3. The summed E-state index contributed by atoms with van der Waals surface area (Å²) in [7, 11) is 0. The van der Waals surface area contributed by atoms with Crippen LogP contribution in [0.5, 0.6) is 0 Å². The summed E-state index contributed by atoms with van der Waals surface area (Å²) in [6.07, 6.45) is 13.6. The van der Waals surface area contributed by atoms with Crippen molar-refractivity contribution in [2.45, 2.75) is 77.6 Å². The molecule has 0 aliphatic rings. The number of diazo groups is 1. The minimum atomic E-state index is -0.503. The Balaban J connectivity index is 2.18. The second-order valence-corrected chi connectivity index (χ2v) is 6.11. The number of hydrogen-bond donors (Lipinski definition) is 0. The summed E-state index contributed by atoms with van der Waals surface area (Å²) in [5.74, 6) is 0. The Labute approximate surface area is 138 Å². The van der Waals surface area contributed by atoms with E-state index >= 15 is 0 Å². The summed E-state index contributed by atoms with van der Waals surface area (Å²) in [4.78, 5) is 13.4. The molecule has 0 atom stereocenters. The van der Waals surface area contributed by atoms with E-state index < -0.39 is 4.92 Å². The van der Waals surface area contributed by atoms with E-state index in [0.29, 0.717) is 0 Å². The predicted octanol–water partition coefficient (Wildman–Crippen LogP) is 6.54. The number of benzene rings is 1. The van der Waals surface area contributed by atoms with E-state index in [1.54, 1.807) is 6.07 Å². The number of nitro groups is 1. The molecular formula is C18H28N3O2+. The van der Waals surface area contributed by atoms with Gasteiger partial charge in [0, 0.05) is 12.1 Å². The molecule has 0 bridgehead atoms. The van der Waals surface area contributed by atoms with E-state index in [1.165, 1.54) is 63.5 Å². The zero-order valence-electron chi connectivity index (χ0n) is 14.2. The second-order valence-electron chi connectivity index (χ2n) is 6.11. The van der Waals surface area contributed by atoms with Crippen LogP contribution in [0.15, 0.2) is 18.2 Å². The van der Waals surface area contributed by atoms with Crippen LogP contribution >= 0.6 is 0 Å². The molecule has 0 fully saturated rings. The molecule has 0 unspecified atom stereocenters. The van der Waals surface area contributed by atoms with Gasteiger partial charge in [-0.05, 0) is 18.4 Å². The Morgan fingerprint density at radius 1 is 1.00 bits per heavy atom. The van der Waals surface area contributed by atoms with Gasteiger partial charge in [0.25, 0.3) is 0 Å². The summed E-state index contributed by atoms with van der Waals surface area (Å²) in [6.45, 7) is 2.24. The molecule has 0 saturated carbocycles. The van der Waals surface area contributed by atoms with Crippen molar-refractivity contribution in [1.29, 1.82) is 5.39 Å². The van der Waals surface area contributed by atoms with Crippen LogP contribution in [0, 0.1) is 15.5 Å². The van der Waals surface area contributed by atoms with Gasteiger partial charge in [0.1, 0.15) is 0 Å². The third-order valence-corrected chi connectivity index (χ3v) is 4.16. The number of hydrogen-bond acceptors (Lipinski definition) is 3. The quantitative estimate of drug-likeness (QED) is 0.190. The monoisotopic (exact) mass is 318 g/mol. The molecule has 5 heteroatoms. The first-order valence-corrected chi connectivity index (χ1v) is 8.81. The number of unbranched alkanes of at least 4 members (excludes halogenated alkanes) is 9. The molecule has 0 amide bonds. The lowest BCUT2D eigenvalue weighted by atomic mass is 10.0. The molecule has 0 spiro atoms. The van der Waals surface area contributed by atoms with E-state index in [4.69, 9.17) is 5.39 Å². The minimum Gasteiger partial charge on any atom is -0.258 e. The van der Waals surface area contributed by atoms with E-state index in [1.807, 2.05) is 0 Å². The van der Waals surface area contributed by atoms with Crippen molar-refractivity contribution in [2.24, 2.45) is 0 Å². The first-order valence-electron chi connectivity index (χ1n) is 8.81. The standard InChI is InChI=1S/C18H28N3O2/c1-2-3-4-5-6-7-8-9-10-11-12-16-13-14-17(20-19)18(15-16)21(22)23/h13-15H,2-12H2,1H3/q+1. The van der Waals surface area contributed by atoms with Crippen LogP contribution in [-0.4, -0.2) is 4.92 Å². The Hall–Kier alpha value is -1.96. The van der Waals surface area contributed by atoms with Crippen molar-refractivity contribution in [1.82, 2.24) is 0 Å². The highest BCUT2D eigenvalue weighted by Gasteiger charge is 2.24. The fraction of sp³-hybridized carbons (Fsp3) is 0.667. The van der Waals surface area contributed by atoms with Gasteiger partial charge in [0.05, 0.1) is 4.92 Å². The van der Waals surface area contributed by atoms with Crippen molar-refractivity contribution >= 4 is 11.4 Å². The van der Waals surface area contributed by atoms with Gasteiger partial charge in [-0.2, -0.15) is 0 Å². The molecule has 1 aromatic carbocycles. The van der Waals surface area contributed by atoms with Gasteiger partial charge in [-0.25, -0.2) is 0 Å². The summed E-state index contributed by atoms with van der Waals surface area (Å²) in [6, 6.07) is 4.82. The van der Waals surface area contributed by atoms with E-state index in [-0.39, 0.29) is 11.4 Å². The SMILES string of the molecule is CCCCCCCCCCCCc1ccc([N+]#N)c([N+](=O)[O-])c1. The molecule has 23 heavy (non-hydrogen) atoms. The molecule has 0 radical (unpaired) electrons. The lowest BCUT2D eigenvalue weighted by Crippen LogP contribution is -1.92. The van der Waals surface area contributed by atoms with Crippen LogP contribution in [0.25, 0.3) is 4.98 Å². The van der Waals surface area contributed by atoms with Crippen molar-refractivity contribution in [3.05, 3.63) is 38.9 Å². The lowest BCUT2D eigenvalue weighted by Gasteiger charge is -2.03. The molecule has 0 aliphatic heterocycles. The van der Waals surface area contributed by atoms with E-state index in [9.17, 15) is 10.1 Å². The fourth-order valence-electron chi connectivity index (χ4n) is 2.77. The number of aryl methyl sites for hydroxylation is 1. The summed E-state index contributed by atoms with van der Waals surface area (Å²) in [5, 5.41) is 19.7. The summed E-state index contributed by atoms with van der Waals surface area (Å²) >= 11 is 0. The van der Waals surface area contributed by atoms with Crippen molar-refractivity contribution < 1.29 is 4.92 Å². The molecular weight excluding hydrogens is 290 g/mol. The van der Waals surface area contributed by atoms with Crippen LogP contribution in [0.3, 0.4) is 0 Å². The van der Waals surface area contributed by atoms with Gasteiger partial charge >= 0.3 is 11.4 Å². The topological polar surface area (TPSA) is 71.3 Å². The Kier molecular flexibility index (Phi) is 9.62. The maximum atomic E-state index is 10.9. The Morgan fingerprint density at radius 2 is 1.57 bits per heavy atom. The van der Waals surface area contributed by atoms with Crippen LogP contribution < -0.4 is 0 Å². The highest BCUT2D eigenvalue weighted by molar-refractivity contribution is 5.62. The predicted molar refractivity (Wildman–Crippen MR) is 93.4 cm³/mol. The van der Waals surface area contributed by atoms with Crippen molar-refractivity contribution in [3.8, 4) is 0 Å². The maximum Gasteiger partial charge on any atom is 0.461 e. The highest BCUT2D eigenvalue weighted by atomic mass is 16.6. The summed E-state index contributed by atoms with van der Waals surface area (Å²) in [5.41, 5.74) is 0.822. The third-order valence-electron chi connectivity index (χ3n) is 4.16. The van der Waals surface area contributed by atoms with E-state index in [2.05, 4.69) is 11.9 Å². The molecule has 1 rings (SSSR count). The molecule has 126 valence electrons. The zero-order chi connectivity index (χ0) is 16.9. The van der Waals surface area contributed by atoms with Gasteiger partial charge < -0.3 is 0 Å². The second kappa shape index (κ2) is 11.6. The molecule has 0 aromatic heterocycles. The highest BCUT2D eigenvalue weighted by Crippen LogP contribution is 2.28. The van der Waals surface area contributed by atoms with Crippen LogP contribution in [-0.2, 0) is 6.42 Å². The zero-order valence-corrected chi connectivity index (χ0v) is 14.2. The number of nitro benzene ring substituents is 1. The van der Waals surface area contributed by atoms with Crippen LogP contribution in [0.1, 0.15) is 76.7 Å². The molecule has 0 saturated heterocycles. The average molecular weight is 318 g/mol. The van der Waals surface area contributed by atoms with Gasteiger partial charge in [-0.3, -0.25) is 10.1 Å².